The van der Waals surface area contributed by atoms with Crippen molar-refractivity contribution in [3.63, 3.8) is 0 Å². The number of methoxy groups -OCH3 is 1. The van der Waals surface area contributed by atoms with Crippen molar-refractivity contribution in [2.24, 2.45) is 0 Å². The van der Waals surface area contributed by atoms with Gasteiger partial charge in [0.25, 0.3) is 5.56 Å². The topological polar surface area (TPSA) is 61.2 Å². The molecule has 0 fully saturated rings. The third-order valence-electron chi connectivity index (χ3n) is 1.63. The minimum absolute atomic E-state index is 0.202. The van der Waals surface area contributed by atoms with Crippen LogP contribution in [0.1, 0.15) is 5.56 Å². The van der Waals surface area contributed by atoms with Gasteiger partial charge in [-0.15, -0.1) is 0 Å². The lowest BCUT2D eigenvalue weighted by Crippen LogP contribution is -2.27. The Balaban J connectivity index is 3.04. The molecule has 5 nitrogen and oxygen atoms in total. The van der Waals surface area contributed by atoms with Crippen molar-refractivity contribution in [1.29, 1.82) is 0 Å². The van der Waals surface area contributed by atoms with Crippen molar-refractivity contribution < 1.29 is 9.53 Å². The molecular weight excluding hydrogens is 208 g/mol. The maximum Gasteiger partial charge on any atom is 0.327 e. The Morgan fingerprint density at radius 3 is 2.93 bits per heavy atom. The molecule has 6 heteroatoms. The van der Waals surface area contributed by atoms with E-state index < -0.39 is 5.97 Å². The standard InChI is InChI=1S/C8H9ClN2O3/c1-5-3-6(12)11(10-8(5)9)4-7(13)14-2/h3H,4H2,1-2H3. The number of halogens is 1. The van der Waals surface area contributed by atoms with Crippen molar-refractivity contribution in [2.45, 2.75) is 13.5 Å². The lowest BCUT2D eigenvalue weighted by Gasteiger charge is -2.03. The van der Waals surface area contributed by atoms with Gasteiger partial charge in [0, 0.05) is 6.07 Å². The zero-order valence-corrected chi connectivity index (χ0v) is 8.54. The molecular formula is C8H9ClN2O3. The minimum atomic E-state index is -0.542. The summed E-state index contributed by atoms with van der Waals surface area (Å²) in [5.74, 6) is -0.542. The van der Waals surface area contributed by atoms with Crippen LogP contribution in [0.3, 0.4) is 0 Å². The first-order valence-corrected chi connectivity index (χ1v) is 4.23. The number of aromatic nitrogens is 2. The number of nitrogens with zero attached hydrogens (tertiary/aromatic N) is 2. The van der Waals surface area contributed by atoms with Gasteiger partial charge in [-0.25, -0.2) is 4.68 Å². The highest BCUT2D eigenvalue weighted by atomic mass is 35.5. The third-order valence-corrected chi connectivity index (χ3v) is 2.01. The maximum absolute atomic E-state index is 11.3. The molecule has 0 atom stereocenters. The van der Waals surface area contributed by atoms with Crippen LogP contribution >= 0.6 is 11.6 Å². The molecule has 0 saturated carbocycles. The second-order valence-corrected chi connectivity index (χ2v) is 3.05. The van der Waals surface area contributed by atoms with Crippen molar-refractivity contribution >= 4 is 17.6 Å². The Hall–Kier alpha value is -1.36. The molecule has 0 aliphatic carbocycles. The summed E-state index contributed by atoms with van der Waals surface area (Å²) in [4.78, 5) is 22.1. The summed E-state index contributed by atoms with van der Waals surface area (Å²) in [6.45, 7) is 1.44. The maximum atomic E-state index is 11.3. The van der Waals surface area contributed by atoms with Crippen LogP contribution in [0, 0.1) is 6.92 Å². The molecule has 0 bridgehead atoms. The number of rotatable bonds is 2. The molecule has 1 aromatic heterocycles. The van der Waals surface area contributed by atoms with Gasteiger partial charge >= 0.3 is 5.97 Å². The molecule has 1 aromatic rings. The predicted octanol–water partition coefficient (Wildman–Crippen LogP) is 0.378. The molecule has 0 unspecified atom stereocenters. The van der Waals surface area contributed by atoms with Gasteiger partial charge in [-0.3, -0.25) is 9.59 Å². The fourth-order valence-corrected chi connectivity index (χ4v) is 0.999. The fraction of sp³-hybridized carbons (Fsp3) is 0.375. The summed E-state index contributed by atoms with van der Waals surface area (Å²) in [5, 5.41) is 3.93. The molecule has 0 aliphatic heterocycles. The molecule has 1 rings (SSSR count). The molecule has 0 spiro atoms. The van der Waals surface area contributed by atoms with Crippen molar-refractivity contribution in [1.82, 2.24) is 9.78 Å². The van der Waals surface area contributed by atoms with Gasteiger partial charge in [0.1, 0.15) is 6.54 Å². The van der Waals surface area contributed by atoms with E-state index in [2.05, 4.69) is 9.84 Å². The van der Waals surface area contributed by atoms with E-state index in [1.165, 1.54) is 13.2 Å². The van der Waals surface area contributed by atoms with Crippen molar-refractivity contribution in [2.75, 3.05) is 7.11 Å². The van der Waals surface area contributed by atoms with Gasteiger partial charge in [-0.2, -0.15) is 5.10 Å². The Kier molecular flexibility index (Phi) is 3.24. The molecule has 14 heavy (non-hydrogen) atoms. The fourth-order valence-electron chi connectivity index (χ4n) is 0.854. The largest absolute Gasteiger partial charge is 0.468 e. The number of hydrogen-bond donors (Lipinski definition) is 0. The van der Waals surface area contributed by atoms with E-state index in [0.29, 0.717) is 5.56 Å². The molecule has 0 N–H and O–H groups in total. The first-order chi connectivity index (χ1) is 6.54. The second kappa shape index (κ2) is 4.23. The summed E-state index contributed by atoms with van der Waals surface area (Å²) in [5.41, 5.74) is 0.204. The van der Waals surface area contributed by atoms with Crippen LogP contribution in [0.15, 0.2) is 10.9 Å². The van der Waals surface area contributed by atoms with E-state index in [9.17, 15) is 9.59 Å². The zero-order chi connectivity index (χ0) is 10.7. The Morgan fingerprint density at radius 2 is 2.36 bits per heavy atom. The number of esters is 1. The normalized spacial score (nSPS) is 9.93. The number of ether oxygens (including phenoxy) is 1. The second-order valence-electron chi connectivity index (χ2n) is 2.69. The van der Waals surface area contributed by atoms with Crippen LogP contribution in [-0.2, 0) is 16.1 Å². The van der Waals surface area contributed by atoms with Gasteiger partial charge in [-0.1, -0.05) is 11.6 Å². The molecule has 0 saturated heterocycles. The number of hydrogen-bond acceptors (Lipinski definition) is 4. The smallest absolute Gasteiger partial charge is 0.327 e. The monoisotopic (exact) mass is 216 g/mol. The number of aryl methyl sites for hydroxylation is 1. The minimum Gasteiger partial charge on any atom is -0.468 e. The van der Waals surface area contributed by atoms with Crippen molar-refractivity contribution in [3.8, 4) is 0 Å². The van der Waals surface area contributed by atoms with E-state index >= 15 is 0 Å². The molecule has 0 aliphatic rings. The van der Waals surface area contributed by atoms with Gasteiger partial charge in [0.15, 0.2) is 5.15 Å². The molecule has 0 aromatic carbocycles. The van der Waals surface area contributed by atoms with Gasteiger partial charge in [-0.05, 0) is 12.5 Å². The van der Waals surface area contributed by atoms with Crippen LogP contribution in [0.25, 0.3) is 0 Å². The first-order valence-electron chi connectivity index (χ1n) is 3.85. The van der Waals surface area contributed by atoms with Crippen LogP contribution in [-0.4, -0.2) is 22.9 Å². The molecule has 0 amide bonds. The van der Waals surface area contributed by atoms with Crippen LogP contribution in [0.5, 0.6) is 0 Å². The Morgan fingerprint density at radius 1 is 1.71 bits per heavy atom. The average Bonchev–Trinajstić information content (AvgIpc) is 2.14. The van der Waals surface area contributed by atoms with E-state index in [1.807, 2.05) is 0 Å². The molecule has 1 heterocycles. The molecule has 76 valence electrons. The summed E-state index contributed by atoms with van der Waals surface area (Å²) < 4.78 is 5.36. The lowest BCUT2D eigenvalue weighted by molar-refractivity contribution is -0.141. The van der Waals surface area contributed by atoms with Gasteiger partial charge in [0.2, 0.25) is 0 Å². The van der Waals surface area contributed by atoms with Crippen LogP contribution in [0.4, 0.5) is 0 Å². The van der Waals surface area contributed by atoms with Crippen LogP contribution < -0.4 is 5.56 Å². The summed E-state index contributed by atoms with van der Waals surface area (Å²) in [6.07, 6.45) is 0. The third kappa shape index (κ3) is 2.32. The van der Waals surface area contributed by atoms with Gasteiger partial charge < -0.3 is 4.74 Å². The Bertz CT molecular complexity index is 414. The quantitative estimate of drug-likeness (QED) is 0.671. The highest BCUT2D eigenvalue weighted by Crippen LogP contribution is 2.06. The van der Waals surface area contributed by atoms with E-state index in [-0.39, 0.29) is 17.3 Å². The van der Waals surface area contributed by atoms with Crippen LogP contribution in [0.2, 0.25) is 5.15 Å². The number of carbonyl (C=O) groups is 1. The van der Waals surface area contributed by atoms with E-state index in [0.717, 1.165) is 4.68 Å². The van der Waals surface area contributed by atoms with Gasteiger partial charge in [0.05, 0.1) is 7.11 Å². The average molecular weight is 217 g/mol. The zero-order valence-electron chi connectivity index (χ0n) is 7.78. The Labute approximate surface area is 85.2 Å². The molecule has 0 radical (unpaired) electrons. The number of carbonyl (C=O) groups excluding carboxylic acids is 1. The van der Waals surface area contributed by atoms with E-state index in [1.54, 1.807) is 6.92 Å². The lowest BCUT2D eigenvalue weighted by atomic mass is 10.3. The predicted molar refractivity (Wildman–Crippen MR) is 50.3 cm³/mol. The van der Waals surface area contributed by atoms with E-state index in [4.69, 9.17) is 11.6 Å². The highest BCUT2D eigenvalue weighted by Gasteiger charge is 2.07. The van der Waals surface area contributed by atoms with Crippen molar-refractivity contribution in [3.05, 3.63) is 27.1 Å². The highest BCUT2D eigenvalue weighted by molar-refractivity contribution is 6.30. The summed E-state index contributed by atoms with van der Waals surface area (Å²) in [7, 11) is 1.24. The SMILES string of the molecule is COC(=O)Cn1nc(Cl)c(C)cc1=O. The first kappa shape index (κ1) is 10.7. The summed E-state index contributed by atoms with van der Waals surface area (Å²) >= 11 is 5.69. The summed E-state index contributed by atoms with van der Waals surface area (Å²) in [6, 6.07) is 1.32.